The Morgan fingerprint density at radius 2 is 1.63 bits per heavy atom. The summed E-state index contributed by atoms with van der Waals surface area (Å²) in [7, 11) is 0. The van der Waals surface area contributed by atoms with E-state index in [9.17, 15) is 14.0 Å². The first-order valence-corrected chi connectivity index (χ1v) is 15.0. The van der Waals surface area contributed by atoms with E-state index in [4.69, 9.17) is 9.47 Å². The van der Waals surface area contributed by atoms with Gasteiger partial charge in [-0.3, -0.25) is 9.59 Å². The molecule has 218 valence electrons. The Hall–Kier alpha value is -1.29. The molecular formula is C29H51FN4O4. The Bertz CT molecular complexity index is 794. The fourth-order valence-corrected chi connectivity index (χ4v) is 6.40. The zero-order valence-electron chi connectivity index (χ0n) is 24.3. The molecule has 9 heteroatoms. The number of likely N-dealkylation sites (tertiary alicyclic amines) is 2. The van der Waals surface area contributed by atoms with Crippen molar-refractivity contribution in [1.29, 1.82) is 0 Å². The topological polar surface area (TPSA) is 74.3 Å². The van der Waals surface area contributed by atoms with Gasteiger partial charge in [0.25, 0.3) is 0 Å². The number of nitrogens with zero attached hydrogens (tertiary/aromatic N) is 3. The largest absolute Gasteiger partial charge is 0.349 e. The first kappa shape index (κ1) is 29.7. The molecule has 2 amide bonds. The van der Waals surface area contributed by atoms with Gasteiger partial charge in [0.2, 0.25) is 11.8 Å². The maximum atomic E-state index is 14.1. The molecule has 0 aromatic carbocycles. The van der Waals surface area contributed by atoms with Crippen LogP contribution in [-0.4, -0.2) is 109 Å². The lowest BCUT2D eigenvalue weighted by Gasteiger charge is -2.47. The number of piperazine rings is 1. The van der Waals surface area contributed by atoms with E-state index in [1.807, 2.05) is 9.80 Å². The molecule has 38 heavy (non-hydrogen) atoms. The Kier molecular flexibility index (Phi) is 9.75. The second-order valence-electron chi connectivity index (χ2n) is 13.3. The summed E-state index contributed by atoms with van der Waals surface area (Å²) in [5.74, 6) is 0.518. The van der Waals surface area contributed by atoms with Crippen molar-refractivity contribution < 1.29 is 23.5 Å². The molecule has 4 aliphatic rings. The normalized spacial score (nSPS) is 27.9. The summed E-state index contributed by atoms with van der Waals surface area (Å²) in [5.41, 5.74) is -1.03. The molecule has 0 radical (unpaired) electrons. The van der Waals surface area contributed by atoms with Gasteiger partial charge in [0, 0.05) is 64.6 Å². The molecule has 0 aromatic rings. The Morgan fingerprint density at radius 1 is 1.00 bits per heavy atom. The van der Waals surface area contributed by atoms with Crippen molar-refractivity contribution in [2.75, 3.05) is 59.0 Å². The fraction of sp³-hybridized carbons (Fsp3) is 0.931. The Labute approximate surface area is 228 Å². The predicted molar refractivity (Wildman–Crippen MR) is 145 cm³/mol. The molecule has 8 nitrogen and oxygen atoms in total. The molecule has 4 fully saturated rings. The molecule has 1 spiro atoms. The van der Waals surface area contributed by atoms with Crippen LogP contribution in [-0.2, 0) is 19.1 Å². The molecule has 4 rings (SSSR count). The number of halogens is 1. The highest BCUT2D eigenvalue weighted by Gasteiger charge is 2.44. The minimum atomic E-state index is -1.03. The fourth-order valence-electron chi connectivity index (χ4n) is 6.40. The lowest BCUT2D eigenvalue weighted by atomic mass is 9.94. The average Bonchev–Trinajstić information content (AvgIpc) is 2.86. The summed E-state index contributed by atoms with van der Waals surface area (Å²) >= 11 is 0. The monoisotopic (exact) mass is 538 g/mol. The standard InChI is InChI=1S/C29H51FN4O4/c1-21(2)16-24-26(35)34(15-10-31-24)25(17-22(3)4)27(36)33-13-8-29(9-14-33)37-19-23(20-38-29)18-32-11-6-28(5,30)7-12-32/h21-25,31H,6-20H2,1-5H3/t24-,25-/m0/s1. The first-order chi connectivity index (χ1) is 18.0. The molecule has 4 aliphatic heterocycles. The first-order valence-electron chi connectivity index (χ1n) is 15.0. The number of amides is 2. The van der Waals surface area contributed by atoms with Gasteiger partial charge in [0.05, 0.1) is 19.3 Å². The van der Waals surface area contributed by atoms with Crippen LogP contribution in [0.15, 0.2) is 0 Å². The quantitative estimate of drug-likeness (QED) is 0.512. The highest BCUT2D eigenvalue weighted by molar-refractivity contribution is 5.90. The van der Waals surface area contributed by atoms with Crippen molar-refractivity contribution in [3.05, 3.63) is 0 Å². The van der Waals surface area contributed by atoms with E-state index in [0.717, 1.165) is 32.6 Å². The van der Waals surface area contributed by atoms with Crippen LogP contribution in [0.5, 0.6) is 0 Å². The zero-order chi connectivity index (χ0) is 27.5. The summed E-state index contributed by atoms with van der Waals surface area (Å²) in [4.78, 5) is 33.2. The minimum absolute atomic E-state index is 0.0609. The van der Waals surface area contributed by atoms with Crippen LogP contribution in [0, 0.1) is 17.8 Å². The van der Waals surface area contributed by atoms with Gasteiger partial charge < -0.3 is 29.5 Å². The molecule has 2 atom stereocenters. The van der Waals surface area contributed by atoms with Crippen LogP contribution in [0.2, 0.25) is 0 Å². The van der Waals surface area contributed by atoms with Crippen LogP contribution in [0.25, 0.3) is 0 Å². The van der Waals surface area contributed by atoms with E-state index in [-0.39, 0.29) is 23.8 Å². The molecule has 0 saturated carbocycles. The van der Waals surface area contributed by atoms with E-state index in [2.05, 4.69) is 37.9 Å². The second-order valence-corrected chi connectivity index (χ2v) is 13.3. The molecule has 0 aromatic heterocycles. The van der Waals surface area contributed by atoms with Gasteiger partial charge in [-0.2, -0.15) is 0 Å². The van der Waals surface area contributed by atoms with Crippen LogP contribution >= 0.6 is 0 Å². The van der Waals surface area contributed by atoms with Crippen LogP contribution < -0.4 is 5.32 Å². The maximum absolute atomic E-state index is 14.1. The molecule has 4 heterocycles. The van der Waals surface area contributed by atoms with Crippen LogP contribution in [0.4, 0.5) is 4.39 Å². The summed E-state index contributed by atoms with van der Waals surface area (Å²) in [5, 5.41) is 3.36. The number of piperidine rings is 2. The molecule has 0 unspecified atom stereocenters. The average molecular weight is 539 g/mol. The SMILES string of the molecule is CC(C)C[C@@H]1NCCN([C@@H](CC(C)C)C(=O)N2CCC3(CC2)OCC(CN2CCC(C)(F)CC2)CO3)C1=O. The van der Waals surface area contributed by atoms with E-state index in [1.54, 1.807) is 6.92 Å². The Morgan fingerprint density at radius 3 is 2.21 bits per heavy atom. The maximum Gasteiger partial charge on any atom is 0.245 e. The van der Waals surface area contributed by atoms with Gasteiger partial charge in [-0.1, -0.05) is 27.7 Å². The minimum Gasteiger partial charge on any atom is -0.349 e. The highest BCUT2D eigenvalue weighted by Crippen LogP contribution is 2.34. The third-order valence-electron chi connectivity index (χ3n) is 8.80. The number of nitrogens with one attached hydrogen (secondary N) is 1. The third kappa shape index (κ3) is 7.46. The van der Waals surface area contributed by atoms with Crippen molar-refractivity contribution in [1.82, 2.24) is 20.0 Å². The zero-order valence-corrected chi connectivity index (χ0v) is 24.3. The lowest BCUT2D eigenvalue weighted by molar-refractivity contribution is -0.298. The third-order valence-corrected chi connectivity index (χ3v) is 8.80. The van der Waals surface area contributed by atoms with E-state index in [0.29, 0.717) is 76.8 Å². The van der Waals surface area contributed by atoms with Gasteiger partial charge in [0.15, 0.2) is 5.79 Å². The number of ether oxygens (including phenoxy) is 2. The molecule has 0 bridgehead atoms. The van der Waals surface area contributed by atoms with Gasteiger partial charge in [-0.15, -0.1) is 0 Å². The molecule has 1 N–H and O–H groups in total. The molecule has 4 saturated heterocycles. The number of hydrogen-bond acceptors (Lipinski definition) is 6. The van der Waals surface area contributed by atoms with Crippen LogP contribution in [0.1, 0.15) is 73.1 Å². The smallest absolute Gasteiger partial charge is 0.245 e. The van der Waals surface area contributed by atoms with Crippen molar-refractivity contribution in [2.24, 2.45) is 17.8 Å². The number of carbonyl (C=O) groups excluding carboxylic acids is 2. The molecular weight excluding hydrogens is 487 g/mol. The Balaban J connectivity index is 1.29. The lowest BCUT2D eigenvalue weighted by Crippen LogP contribution is -2.63. The second kappa shape index (κ2) is 12.5. The van der Waals surface area contributed by atoms with E-state index >= 15 is 0 Å². The molecule has 0 aliphatic carbocycles. The number of carbonyl (C=O) groups is 2. The summed E-state index contributed by atoms with van der Waals surface area (Å²) in [6.07, 6.45) is 3.93. The van der Waals surface area contributed by atoms with Gasteiger partial charge in [-0.05, 0) is 44.4 Å². The van der Waals surface area contributed by atoms with E-state index < -0.39 is 17.5 Å². The number of rotatable bonds is 8. The van der Waals surface area contributed by atoms with Crippen molar-refractivity contribution in [3.63, 3.8) is 0 Å². The summed E-state index contributed by atoms with van der Waals surface area (Å²) < 4.78 is 26.7. The van der Waals surface area contributed by atoms with Crippen molar-refractivity contribution >= 4 is 11.8 Å². The van der Waals surface area contributed by atoms with Crippen LogP contribution in [0.3, 0.4) is 0 Å². The predicted octanol–water partition coefficient (Wildman–Crippen LogP) is 3.05. The van der Waals surface area contributed by atoms with Gasteiger partial charge in [0.1, 0.15) is 11.7 Å². The van der Waals surface area contributed by atoms with Crippen molar-refractivity contribution in [2.45, 2.75) is 96.7 Å². The number of alkyl halides is 1. The van der Waals surface area contributed by atoms with Gasteiger partial charge in [-0.25, -0.2) is 4.39 Å². The van der Waals surface area contributed by atoms with Gasteiger partial charge >= 0.3 is 0 Å². The summed E-state index contributed by atoms with van der Waals surface area (Å²) in [6, 6.07) is -0.624. The highest BCUT2D eigenvalue weighted by atomic mass is 19.1. The van der Waals surface area contributed by atoms with Crippen molar-refractivity contribution in [3.8, 4) is 0 Å². The van der Waals surface area contributed by atoms with E-state index in [1.165, 1.54) is 0 Å². The summed E-state index contributed by atoms with van der Waals surface area (Å²) in [6.45, 7) is 16.4. The number of hydrogen-bond donors (Lipinski definition) is 1.